The summed E-state index contributed by atoms with van der Waals surface area (Å²) in [7, 11) is 0. The zero-order chi connectivity index (χ0) is 18.9. The highest BCUT2D eigenvalue weighted by atomic mass is 16.5. The van der Waals surface area contributed by atoms with Gasteiger partial charge in [0.1, 0.15) is 5.54 Å². The molecule has 4 nitrogen and oxygen atoms in total. The van der Waals surface area contributed by atoms with E-state index in [-0.39, 0.29) is 0 Å². The van der Waals surface area contributed by atoms with E-state index in [2.05, 4.69) is 6.92 Å². The van der Waals surface area contributed by atoms with E-state index in [1.165, 1.54) is 64.2 Å². The standard InChI is InChI=1S/C21H41N2O2/c1-6-7-8-9-10-11-12-13-14-15-16-17-18-19-22(24)20(2,3)21(4,5)23(19)25/h6-18H2,1-5H3. The van der Waals surface area contributed by atoms with Gasteiger partial charge in [0, 0.05) is 5.21 Å². The maximum Gasteiger partial charge on any atom is 0.284 e. The van der Waals surface area contributed by atoms with Crippen LogP contribution in [0.15, 0.2) is 0 Å². The third-order valence-corrected chi connectivity index (χ3v) is 6.24. The minimum Gasteiger partial charge on any atom is -0.715 e. The van der Waals surface area contributed by atoms with Gasteiger partial charge in [-0.3, -0.25) is 4.74 Å². The fraction of sp³-hybridized carbons (Fsp3) is 0.952. The Morgan fingerprint density at radius 2 is 1.20 bits per heavy atom. The van der Waals surface area contributed by atoms with Crippen LogP contribution in [-0.2, 0) is 5.21 Å². The number of hydrogen-bond acceptors (Lipinski definition) is 2. The second kappa shape index (κ2) is 10.4. The molecule has 147 valence electrons. The molecule has 1 heterocycles. The molecule has 0 unspecified atom stereocenters. The van der Waals surface area contributed by atoms with Gasteiger partial charge in [-0.2, -0.15) is 0 Å². The van der Waals surface area contributed by atoms with Gasteiger partial charge in [-0.15, -0.1) is 0 Å². The van der Waals surface area contributed by atoms with Crippen molar-refractivity contribution in [2.24, 2.45) is 0 Å². The molecule has 0 fully saturated rings. The van der Waals surface area contributed by atoms with Crippen LogP contribution in [0.5, 0.6) is 0 Å². The Morgan fingerprint density at radius 3 is 1.56 bits per heavy atom. The zero-order valence-electron chi connectivity index (χ0n) is 17.4. The molecule has 0 atom stereocenters. The van der Waals surface area contributed by atoms with Crippen molar-refractivity contribution in [1.82, 2.24) is 5.06 Å². The lowest BCUT2D eigenvalue weighted by Gasteiger charge is -2.32. The molecule has 0 spiro atoms. The van der Waals surface area contributed by atoms with E-state index >= 15 is 0 Å². The number of nitrogens with zero attached hydrogens (tertiary/aromatic N) is 2. The number of rotatable bonds is 13. The van der Waals surface area contributed by atoms with Gasteiger partial charge in [-0.05, 0) is 34.1 Å². The molecule has 0 aromatic heterocycles. The third-order valence-electron chi connectivity index (χ3n) is 6.24. The van der Waals surface area contributed by atoms with Crippen LogP contribution in [0.3, 0.4) is 0 Å². The second-order valence-electron chi connectivity index (χ2n) is 8.76. The molecule has 1 radical (unpaired) electrons. The molecule has 0 N–H and O–H groups in total. The van der Waals surface area contributed by atoms with E-state index in [0.717, 1.165) is 22.6 Å². The maximum absolute atomic E-state index is 12.4. The van der Waals surface area contributed by atoms with Crippen molar-refractivity contribution in [3.8, 4) is 0 Å². The lowest BCUT2D eigenvalue weighted by atomic mass is 9.84. The molecule has 0 aromatic rings. The predicted octanol–water partition coefficient (Wildman–Crippen LogP) is 6.20. The Hall–Kier alpha value is -0.770. The highest BCUT2D eigenvalue weighted by Gasteiger charge is 2.59. The molecule has 0 bridgehead atoms. The summed E-state index contributed by atoms with van der Waals surface area (Å²) in [6.07, 6.45) is 16.1. The molecule has 4 heteroatoms. The average molecular weight is 354 g/mol. The molecular weight excluding hydrogens is 312 g/mol. The first-order valence-corrected chi connectivity index (χ1v) is 10.6. The maximum atomic E-state index is 12.4. The zero-order valence-corrected chi connectivity index (χ0v) is 17.4. The normalized spacial score (nSPS) is 19.0. The van der Waals surface area contributed by atoms with Crippen molar-refractivity contribution >= 4 is 5.84 Å². The highest BCUT2D eigenvalue weighted by Crippen LogP contribution is 2.36. The lowest BCUT2D eigenvalue weighted by Crippen LogP contribution is -2.53. The topological polar surface area (TPSA) is 49.2 Å². The molecule has 0 aliphatic carbocycles. The SMILES string of the molecule is CCCCCCCCCCCCCCC1=[N+]([O-])C(C)(C)C(C)(C)N1[O]. The number of amidine groups is 1. The van der Waals surface area contributed by atoms with E-state index < -0.39 is 11.1 Å². The van der Waals surface area contributed by atoms with Gasteiger partial charge in [-0.25, -0.2) is 0 Å². The second-order valence-corrected chi connectivity index (χ2v) is 8.76. The number of hydrogen-bond donors (Lipinski definition) is 0. The summed E-state index contributed by atoms with van der Waals surface area (Å²) >= 11 is 0. The van der Waals surface area contributed by atoms with Gasteiger partial charge in [0.2, 0.25) is 0 Å². The third kappa shape index (κ3) is 5.87. The first-order valence-electron chi connectivity index (χ1n) is 10.6. The summed E-state index contributed by atoms with van der Waals surface area (Å²) in [6.45, 7) is 9.71. The molecule has 0 amide bonds. The first-order chi connectivity index (χ1) is 11.8. The largest absolute Gasteiger partial charge is 0.715 e. The molecular formula is C21H41N2O2. The molecule has 25 heavy (non-hydrogen) atoms. The highest BCUT2D eigenvalue weighted by molar-refractivity contribution is 5.79. The fourth-order valence-electron chi connectivity index (χ4n) is 3.55. The average Bonchev–Trinajstić information content (AvgIpc) is 2.67. The Kier molecular flexibility index (Phi) is 9.26. The van der Waals surface area contributed by atoms with E-state index in [4.69, 9.17) is 0 Å². The van der Waals surface area contributed by atoms with Crippen molar-refractivity contribution in [2.45, 2.75) is 129 Å². The quantitative estimate of drug-likeness (QED) is 0.225. The van der Waals surface area contributed by atoms with E-state index in [0.29, 0.717) is 12.3 Å². The monoisotopic (exact) mass is 353 g/mol. The minimum atomic E-state index is -0.665. The summed E-state index contributed by atoms with van der Waals surface area (Å²) in [6, 6.07) is 0. The summed E-state index contributed by atoms with van der Waals surface area (Å²) in [5.41, 5.74) is -1.33. The lowest BCUT2D eigenvalue weighted by molar-refractivity contribution is -0.540. The molecule has 1 aliphatic rings. The van der Waals surface area contributed by atoms with Crippen LogP contribution in [0.25, 0.3) is 0 Å². The molecule has 0 aromatic carbocycles. The van der Waals surface area contributed by atoms with Crippen LogP contribution in [0.1, 0.15) is 118 Å². The van der Waals surface area contributed by atoms with E-state index in [1.807, 2.05) is 27.7 Å². The van der Waals surface area contributed by atoms with Crippen LogP contribution in [-0.4, -0.2) is 26.7 Å². The Morgan fingerprint density at radius 1 is 0.800 bits per heavy atom. The van der Waals surface area contributed by atoms with Crippen molar-refractivity contribution < 1.29 is 9.95 Å². The Balaban J connectivity index is 2.10. The molecule has 1 aliphatic heterocycles. The first kappa shape index (κ1) is 22.3. The van der Waals surface area contributed by atoms with Gasteiger partial charge in [0.25, 0.3) is 5.84 Å². The van der Waals surface area contributed by atoms with Crippen LogP contribution < -0.4 is 0 Å². The van der Waals surface area contributed by atoms with Crippen molar-refractivity contribution in [1.29, 1.82) is 0 Å². The van der Waals surface area contributed by atoms with Crippen LogP contribution in [0.2, 0.25) is 0 Å². The van der Waals surface area contributed by atoms with Gasteiger partial charge in [0.05, 0.1) is 6.42 Å². The van der Waals surface area contributed by atoms with Crippen LogP contribution >= 0.6 is 0 Å². The molecule has 1 rings (SSSR count). The van der Waals surface area contributed by atoms with Crippen molar-refractivity contribution in [3.05, 3.63) is 5.21 Å². The summed E-state index contributed by atoms with van der Waals surface area (Å²) in [5.74, 6) is 0.419. The van der Waals surface area contributed by atoms with Gasteiger partial charge < -0.3 is 5.21 Å². The van der Waals surface area contributed by atoms with Crippen LogP contribution in [0, 0.1) is 5.21 Å². The summed E-state index contributed by atoms with van der Waals surface area (Å²) < 4.78 is 0.957. The fourth-order valence-corrected chi connectivity index (χ4v) is 3.55. The van der Waals surface area contributed by atoms with Gasteiger partial charge in [-0.1, -0.05) is 82.6 Å². The van der Waals surface area contributed by atoms with Crippen molar-refractivity contribution in [2.75, 3.05) is 0 Å². The van der Waals surface area contributed by atoms with Crippen molar-refractivity contribution in [3.63, 3.8) is 0 Å². The molecule has 0 saturated heterocycles. The van der Waals surface area contributed by atoms with Gasteiger partial charge >= 0.3 is 0 Å². The van der Waals surface area contributed by atoms with Gasteiger partial charge in [0.15, 0.2) is 5.54 Å². The van der Waals surface area contributed by atoms with E-state index in [9.17, 15) is 10.4 Å². The van der Waals surface area contributed by atoms with Crippen LogP contribution in [0.4, 0.5) is 0 Å². The number of hydroxylamine groups is 3. The molecule has 0 saturated carbocycles. The summed E-state index contributed by atoms with van der Waals surface area (Å²) in [4.78, 5) is 0. The van der Waals surface area contributed by atoms with E-state index in [1.54, 1.807) is 0 Å². The Labute approximate surface area is 155 Å². The summed E-state index contributed by atoms with van der Waals surface area (Å²) in [5, 5.41) is 25.8. The predicted molar refractivity (Wildman–Crippen MR) is 105 cm³/mol. The minimum absolute atomic E-state index is 0.419. The Bertz CT molecular complexity index is 416. The smallest absolute Gasteiger partial charge is 0.284 e. The number of unbranched alkanes of at least 4 members (excludes halogenated alkanes) is 11.